The van der Waals surface area contributed by atoms with Crippen molar-refractivity contribution in [2.75, 3.05) is 5.32 Å². The van der Waals surface area contributed by atoms with E-state index in [1.807, 2.05) is 6.92 Å². The number of anilines is 1. The first-order chi connectivity index (χ1) is 8.86. The van der Waals surface area contributed by atoms with E-state index < -0.39 is 0 Å². The Balaban J connectivity index is 2.11. The Bertz CT molecular complexity index is 562. The number of rotatable bonds is 3. The molecule has 0 radical (unpaired) electrons. The van der Waals surface area contributed by atoms with E-state index in [9.17, 15) is 4.39 Å². The van der Waals surface area contributed by atoms with E-state index in [1.165, 1.54) is 23.6 Å². The van der Waals surface area contributed by atoms with E-state index >= 15 is 0 Å². The van der Waals surface area contributed by atoms with Crippen molar-refractivity contribution in [2.24, 2.45) is 0 Å². The van der Waals surface area contributed by atoms with Gasteiger partial charge in [0.1, 0.15) is 10.8 Å². The average molecular weight is 280 g/mol. The fourth-order valence-corrected chi connectivity index (χ4v) is 2.41. The Kier molecular flexibility index (Phi) is 3.80. The van der Waals surface area contributed by atoms with Gasteiger partial charge in [0.15, 0.2) is 0 Å². The highest BCUT2D eigenvalue weighted by Gasteiger charge is 2.20. The maximum Gasteiger partial charge on any atom is 0.206 e. The normalized spacial score (nSPS) is 13.3. The van der Waals surface area contributed by atoms with Crippen LogP contribution in [0.1, 0.15) is 44.3 Å². The summed E-state index contributed by atoms with van der Waals surface area (Å²) in [5.74, 6) is -0.334. The summed E-state index contributed by atoms with van der Waals surface area (Å²) < 4.78 is 13.1. The van der Waals surface area contributed by atoms with Crippen molar-refractivity contribution in [3.8, 4) is 0 Å². The quantitative estimate of drug-likeness (QED) is 0.934. The van der Waals surface area contributed by atoms with Crippen molar-refractivity contribution >= 4 is 16.5 Å². The van der Waals surface area contributed by atoms with Gasteiger partial charge < -0.3 is 5.32 Å². The van der Waals surface area contributed by atoms with E-state index in [2.05, 4.69) is 41.3 Å². The molecule has 0 fully saturated rings. The second kappa shape index (κ2) is 5.21. The maximum atomic E-state index is 13.1. The summed E-state index contributed by atoms with van der Waals surface area (Å²) >= 11 is 1.52. The highest BCUT2D eigenvalue weighted by atomic mass is 32.1. The highest BCUT2D eigenvalue weighted by molar-refractivity contribution is 7.15. The average Bonchev–Trinajstić information content (AvgIpc) is 2.77. The predicted octanol–water partition coefficient (Wildman–Crippen LogP) is 3.54. The van der Waals surface area contributed by atoms with Gasteiger partial charge in [-0.05, 0) is 18.6 Å². The summed E-state index contributed by atoms with van der Waals surface area (Å²) in [5.41, 5.74) is 0.772. The lowest BCUT2D eigenvalue weighted by atomic mass is 9.98. The summed E-state index contributed by atoms with van der Waals surface area (Å²) in [6.45, 7) is 8.22. The van der Waals surface area contributed by atoms with Gasteiger partial charge in [0.25, 0.3) is 0 Å². The molecule has 2 rings (SSSR count). The number of nitrogens with zero attached hydrogens (tertiary/aromatic N) is 3. The van der Waals surface area contributed by atoms with Crippen LogP contribution in [0.2, 0.25) is 0 Å². The molecule has 19 heavy (non-hydrogen) atoms. The smallest absolute Gasteiger partial charge is 0.206 e. The summed E-state index contributed by atoms with van der Waals surface area (Å²) in [5, 5.41) is 13.2. The minimum Gasteiger partial charge on any atom is -0.353 e. The number of aromatic nitrogens is 3. The predicted molar refractivity (Wildman–Crippen MR) is 74.8 cm³/mol. The van der Waals surface area contributed by atoms with E-state index in [4.69, 9.17) is 0 Å². The molecular weight excluding hydrogens is 263 g/mol. The molecule has 0 amide bonds. The van der Waals surface area contributed by atoms with Crippen molar-refractivity contribution in [2.45, 2.75) is 39.2 Å². The fourth-order valence-electron chi connectivity index (χ4n) is 1.52. The van der Waals surface area contributed by atoms with E-state index in [-0.39, 0.29) is 17.3 Å². The first-order valence-corrected chi connectivity index (χ1v) is 6.89. The standard InChI is InChI=1S/C13H17FN4S/c1-8(9-5-10(14)7-15-6-9)16-12-18-17-11(19-12)13(2,3)4/h5-8H,1-4H3,(H,16,18). The summed E-state index contributed by atoms with van der Waals surface area (Å²) in [6, 6.07) is 1.40. The first kappa shape index (κ1) is 13.9. The number of hydrogen-bond donors (Lipinski definition) is 1. The molecule has 2 aromatic rings. The van der Waals surface area contributed by atoms with Crippen LogP contribution < -0.4 is 5.32 Å². The van der Waals surface area contributed by atoms with Crippen LogP contribution in [0.25, 0.3) is 0 Å². The molecule has 0 aliphatic heterocycles. The minimum atomic E-state index is -0.334. The lowest BCUT2D eigenvalue weighted by Crippen LogP contribution is -2.10. The van der Waals surface area contributed by atoms with Gasteiger partial charge in [0.05, 0.1) is 12.2 Å². The van der Waals surface area contributed by atoms with Gasteiger partial charge in [-0.1, -0.05) is 32.1 Å². The van der Waals surface area contributed by atoms with E-state index in [0.29, 0.717) is 0 Å². The highest BCUT2D eigenvalue weighted by Crippen LogP contribution is 2.29. The van der Waals surface area contributed by atoms with Gasteiger partial charge in [-0.15, -0.1) is 10.2 Å². The van der Waals surface area contributed by atoms with Gasteiger partial charge in [0, 0.05) is 11.6 Å². The Morgan fingerprint density at radius 1 is 1.26 bits per heavy atom. The molecule has 1 N–H and O–H groups in total. The van der Waals surface area contributed by atoms with Crippen molar-refractivity contribution in [1.29, 1.82) is 0 Å². The van der Waals surface area contributed by atoms with Crippen LogP contribution in [0.4, 0.5) is 9.52 Å². The van der Waals surface area contributed by atoms with Crippen LogP contribution in [0.3, 0.4) is 0 Å². The van der Waals surface area contributed by atoms with Crippen molar-refractivity contribution in [1.82, 2.24) is 15.2 Å². The zero-order valence-electron chi connectivity index (χ0n) is 11.4. The Morgan fingerprint density at radius 2 is 2.00 bits per heavy atom. The largest absolute Gasteiger partial charge is 0.353 e. The number of hydrogen-bond acceptors (Lipinski definition) is 5. The van der Waals surface area contributed by atoms with Crippen LogP contribution in [-0.4, -0.2) is 15.2 Å². The molecule has 2 heterocycles. The molecule has 0 spiro atoms. The Morgan fingerprint density at radius 3 is 2.58 bits per heavy atom. The topological polar surface area (TPSA) is 50.7 Å². The Hall–Kier alpha value is -1.56. The second-order valence-corrected chi connectivity index (χ2v) is 6.44. The molecule has 1 unspecified atom stereocenters. The summed E-state index contributed by atoms with van der Waals surface area (Å²) in [6.07, 6.45) is 2.84. The number of nitrogens with one attached hydrogen (secondary N) is 1. The summed E-state index contributed by atoms with van der Waals surface area (Å²) in [4.78, 5) is 3.84. The zero-order chi connectivity index (χ0) is 14.0. The third-order valence-electron chi connectivity index (χ3n) is 2.63. The van der Waals surface area contributed by atoms with E-state index in [0.717, 1.165) is 15.7 Å². The Labute approximate surface area is 116 Å². The summed E-state index contributed by atoms with van der Waals surface area (Å²) in [7, 11) is 0. The van der Waals surface area contributed by atoms with Gasteiger partial charge in [0.2, 0.25) is 5.13 Å². The van der Waals surface area contributed by atoms with Crippen molar-refractivity contribution in [3.05, 3.63) is 34.8 Å². The van der Waals surface area contributed by atoms with Crippen LogP contribution in [0, 0.1) is 5.82 Å². The van der Waals surface area contributed by atoms with Crippen LogP contribution in [-0.2, 0) is 5.41 Å². The molecule has 0 saturated heterocycles. The molecular formula is C13H17FN4S. The molecule has 102 valence electrons. The van der Waals surface area contributed by atoms with Crippen LogP contribution >= 0.6 is 11.3 Å². The molecule has 0 saturated carbocycles. The number of pyridine rings is 1. The van der Waals surface area contributed by atoms with Crippen molar-refractivity contribution < 1.29 is 4.39 Å². The molecule has 4 nitrogen and oxygen atoms in total. The van der Waals surface area contributed by atoms with Crippen LogP contribution in [0.5, 0.6) is 0 Å². The molecule has 2 aromatic heterocycles. The monoisotopic (exact) mass is 280 g/mol. The third kappa shape index (κ3) is 3.47. The van der Waals surface area contributed by atoms with Crippen LogP contribution in [0.15, 0.2) is 18.5 Å². The second-order valence-electron chi connectivity index (χ2n) is 5.46. The minimum absolute atomic E-state index is 0.0127. The van der Waals surface area contributed by atoms with E-state index in [1.54, 1.807) is 6.20 Å². The first-order valence-electron chi connectivity index (χ1n) is 6.07. The lowest BCUT2D eigenvalue weighted by molar-refractivity contribution is 0.578. The SMILES string of the molecule is CC(Nc1nnc(C(C)(C)C)s1)c1cncc(F)c1. The van der Waals surface area contributed by atoms with Gasteiger partial charge >= 0.3 is 0 Å². The third-order valence-corrected chi connectivity index (χ3v) is 3.91. The van der Waals surface area contributed by atoms with Gasteiger partial charge in [-0.25, -0.2) is 4.39 Å². The molecule has 6 heteroatoms. The molecule has 0 aromatic carbocycles. The molecule has 0 aliphatic carbocycles. The fraction of sp³-hybridized carbons (Fsp3) is 0.462. The van der Waals surface area contributed by atoms with Gasteiger partial charge in [-0.2, -0.15) is 0 Å². The molecule has 0 bridgehead atoms. The zero-order valence-corrected chi connectivity index (χ0v) is 12.3. The molecule has 0 aliphatic rings. The lowest BCUT2D eigenvalue weighted by Gasteiger charge is -2.13. The van der Waals surface area contributed by atoms with Gasteiger partial charge in [-0.3, -0.25) is 4.98 Å². The maximum absolute atomic E-state index is 13.1. The number of halogens is 1. The van der Waals surface area contributed by atoms with Crippen molar-refractivity contribution in [3.63, 3.8) is 0 Å². The molecule has 1 atom stereocenters.